The summed E-state index contributed by atoms with van der Waals surface area (Å²) in [5.41, 5.74) is 7.41. The molecule has 6 rings (SSSR count). The molecule has 5 aromatic heterocycles. The van der Waals surface area contributed by atoms with Crippen LogP contribution in [0.25, 0.3) is 51.5 Å². The fourth-order valence-corrected chi connectivity index (χ4v) is 5.44. The lowest BCUT2D eigenvalue weighted by molar-refractivity contribution is 0.356. The summed E-state index contributed by atoms with van der Waals surface area (Å²) >= 11 is 0. The van der Waals surface area contributed by atoms with Gasteiger partial charge in [-0.05, 0) is 66.3 Å². The third-order valence-electron chi connectivity index (χ3n) is 7.43. The van der Waals surface area contributed by atoms with Crippen LogP contribution in [0.3, 0.4) is 0 Å². The molecule has 0 spiro atoms. The Morgan fingerprint density at radius 2 is 1.87 bits per heavy atom. The van der Waals surface area contributed by atoms with Gasteiger partial charge in [0.15, 0.2) is 5.82 Å². The molecular weight excluding hydrogens is 470 g/mol. The smallest absolute Gasteiger partial charge is 0.159 e. The van der Waals surface area contributed by atoms with E-state index in [1.165, 1.54) is 37.7 Å². The van der Waals surface area contributed by atoms with Gasteiger partial charge in [-0.2, -0.15) is 5.10 Å². The highest BCUT2D eigenvalue weighted by molar-refractivity contribution is 5.92. The maximum absolute atomic E-state index is 4.93. The van der Waals surface area contributed by atoms with Crippen molar-refractivity contribution in [3.05, 3.63) is 83.5 Å². The van der Waals surface area contributed by atoms with E-state index in [-0.39, 0.29) is 0 Å². The molecule has 2 N–H and O–H groups in total. The van der Waals surface area contributed by atoms with Gasteiger partial charge < -0.3 is 4.98 Å². The monoisotopic (exact) mass is 501 g/mol. The highest BCUT2D eigenvalue weighted by atomic mass is 15.1. The first-order valence-electron chi connectivity index (χ1n) is 13.3. The Morgan fingerprint density at radius 3 is 2.68 bits per heavy atom. The Labute approximate surface area is 221 Å². The molecule has 7 heteroatoms. The molecule has 5 aromatic rings. The van der Waals surface area contributed by atoms with E-state index in [4.69, 9.17) is 4.98 Å². The number of aromatic nitrogens is 7. The summed E-state index contributed by atoms with van der Waals surface area (Å²) in [7, 11) is 0. The second-order valence-corrected chi connectivity index (χ2v) is 10.0. The lowest BCUT2D eigenvalue weighted by atomic mass is 9.85. The first-order chi connectivity index (χ1) is 18.7. The molecule has 0 amide bonds. The number of hydrogen-bond acceptors (Lipinski definition) is 5. The Hall–Kier alpha value is -4.39. The zero-order valence-corrected chi connectivity index (χ0v) is 21.6. The molecule has 190 valence electrons. The van der Waals surface area contributed by atoms with Gasteiger partial charge >= 0.3 is 0 Å². The van der Waals surface area contributed by atoms with Crippen molar-refractivity contribution in [2.45, 2.75) is 45.4 Å². The van der Waals surface area contributed by atoms with Crippen molar-refractivity contribution < 1.29 is 0 Å². The van der Waals surface area contributed by atoms with Gasteiger partial charge in [0.25, 0.3) is 0 Å². The number of nitrogens with zero attached hydrogens (tertiary/aromatic N) is 5. The van der Waals surface area contributed by atoms with Crippen LogP contribution in [0.1, 0.15) is 50.2 Å². The predicted molar refractivity (Wildman–Crippen MR) is 152 cm³/mol. The number of hydrogen-bond donors (Lipinski definition) is 2. The number of fused-ring (bicyclic) bond motifs is 1. The maximum atomic E-state index is 4.93. The van der Waals surface area contributed by atoms with E-state index >= 15 is 0 Å². The molecule has 0 aliphatic heterocycles. The molecule has 38 heavy (non-hydrogen) atoms. The van der Waals surface area contributed by atoms with Gasteiger partial charge in [-0.3, -0.25) is 20.1 Å². The van der Waals surface area contributed by atoms with Gasteiger partial charge in [-0.25, -0.2) is 4.98 Å². The lowest BCUT2D eigenvalue weighted by Crippen LogP contribution is -2.23. The van der Waals surface area contributed by atoms with E-state index in [1.807, 2.05) is 43.6 Å². The van der Waals surface area contributed by atoms with Gasteiger partial charge in [0, 0.05) is 41.8 Å². The SMILES string of the molecule is C=C(/C=c1/c(-c2nc3c(-c4ccncc4)nccc3[nH]2)n[nH]/c1=C/C)c1cncc(CC2CCCCC2)c1. The molecule has 5 heterocycles. The van der Waals surface area contributed by atoms with Crippen LogP contribution in [-0.2, 0) is 6.42 Å². The third-order valence-corrected chi connectivity index (χ3v) is 7.43. The first-order valence-corrected chi connectivity index (χ1v) is 13.3. The van der Waals surface area contributed by atoms with E-state index < -0.39 is 0 Å². The van der Waals surface area contributed by atoms with E-state index in [0.717, 1.165) is 62.0 Å². The minimum absolute atomic E-state index is 0.677. The van der Waals surface area contributed by atoms with Crippen molar-refractivity contribution in [2.24, 2.45) is 5.92 Å². The van der Waals surface area contributed by atoms with Crippen molar-refractivity contribution in [1.82, 2.24) is 35.1 Å². The van der Waals surface area contributed by atoms with Crippen molar-refractivity contribution in [3.8, 4) is 22.8 Å². The molecule has 1 fully saturated rings. The Kier molecular flexibility index (Phi) is 6.65. The number of allylic oxidation sites excluding steroid dienone is 1. The van der Waals surface area contributed by atoms with E-state index in [1.54, 1.807) is 18.6 Å². The number of H-pyrrole nitrogens is 2. The van der Waals surface area contributed by atoms with Crippen molar-refractivity contribution in [2.75, 3.05) is 0 Å². The number of pyridine rings is 3. The summed E-state index contributed by atoms with van der Waals surface area (Å²) in [6.07, 6.45) is 21.1. The molecule has 0 bridgehead atoms. The van der Waals surface area contributed by atoms with Crippen LogP contribution in [-0.4, -0.2) is 35.1 Å². The van der Waals surface area contributed by atoms with Crippen LogP contribution in [0.4, 0.5) is 0 Å². The largest absolute Gasteiger partial charge is 0.336 e. The third kappa shape index (κ3) is 4.79. The Balaban J connectivity index is 1.37. The summed E-state index contributed by atoms with van der Waals surface area (Å²) < 4.78 is 0. The van der Waals surface area contributed by atoms with Crippen LogP contribution >= 0.6 is 0 Å². The molecule has 1 aliphatic carbocycles. The highest BCUT2D eigenvalue weighted by Crippen LogP contribution is 2.28. The molecule has 7 nitrogen and oxygen atoms in total. The standard InChI is InChI=1S/C31H31N7/c1-3-26-25(15-20(2)24-17-22(18-33-19-24)16-21-7-5-4-6-8-21)29(38-37-26)31-35-27-11-14-34-28(30(27)36-31)23-9-12-32-13-10-23/h3,9-15,17-19,21,37H,2,4-8,16H2,1H3,(H,35,36)/b25-15+,26-3+. The predicted octanol–water partition coefficient (Wildman–Crippen LogP) is 5.22. The minimum atomic E-state index is 0.677. The summed E-state index contributed by atoms with van der Waals surface area (Å²) in [5.74, 6) is 1.44. The van der Waals surface area contributed by atoms with Gasteiger partial charge in [0.1, 0.15) is 11.2 Å². The van der Waals surface area contributed by atoms with E-state index in [2.05, 4.69) is 48.9 Å². The fourth-order valence-electron chi connectivity index (χ4n) is 5.44. The average molecular weight is 502 g/mol. The van der Waals surface area contributed by atoms with Gasteiger partial charge in [0.05, 0.1) is 16.6 Å². The van der Waals surface area contributed by atoms with Gasteiger partial charge in [-0.1, -0.05) is 44.8 Å². The molecular formula is C31H31N7. The number of nitrogens with one attached hydrogen (secondary N) is 2. The molecule has 0 unspecified atom stereocenters. The van der Waals surface area contributed by atoms with Crippen LogP contribution < -0.4 is 10.6 Å². The van der Waals surface area contributed by atoms with Gasteiger partial charge in [-0.15, -0.1) is 0 Å². The van der Waals surface area contributed by atoms with Crippen molar-refractivity contribution in [3.63, 3.8) is 0 Å². The second kappa shape index (κ2) is 10.5. The van der Waals surface area contributed by atoms with Gasteiger partial charge in [0.2, 0.25) is 0 Å². The van der Waals surface area contributed by atoms with E-state index in [9.17, 15) is 0 Å². The topological polar surface area (TPSA) is 96.0 Å². The molecule has 1 aliphatic rings. The Bertz CT molecular complexity index is 1710. The zero-order chi connectivity index (χ0) is 25.9. The first kappa shape index (κ1) is 24.0. The summed E-state index contributed by atoms with van der Waals surface area (Å²) in [6.45, 7) is 6.39. The second-order valence-electron chi connectivity index (χ2n) is 10.0. The number of rotatable bonds is 6. The van der Waals surface area contributed by atoms with Crippen LogP contribution in [0.5, 0.6) is 0 Å². The normalized spacial score (nSPS) is 15.4. The van der Waals surface area contributed by atoms with Crippen LogP contribution in [0.15, 0.2) is 61.8 Å². The molecule has 0 saturated heterocycles. The summed E-state index contributed by atoms with van der Waals surface area (Å²) in [4.78, 5) is 21.6. The molecule has 0 atom stereocenters. The Morgan fingerprint density at radius 1 is 1.03 bits per heavy atom. The van der Waals surface area contributed by atoms with E-state index in [0.29, 0.717) is 5.82 Å². The average Bonchev–Trinajstić information content (AvgIpc) is 3.58. The van der Waals surface area contributed by atoms with Crippen molar-refractivity contribution >= 4 is 28.8 Å². The lowest BCUT2D eigenvalue weighted by Gasteiger charge is -2.21. The summed E-state index contributed by atoms with van der Waals surface area (Å²) in [6, 6.07) is 8.05. The fraction of sp³-hybridized carbons (Fsp3) is 0.258. The number of aromatic amines is 2. The zero-order valence-electron chi connectivity index (χ0n) is 21.6. The maximum Gasteiger partial charge on any atom is 0.159 e. The number of imidazole rings is 1. The minimum Gasteiger partial charge on any atom is -0.336 e. The summed E-state index contributed by atoms with van der Waals surface area (Å²) in [5, 5.41) is 9.64. The van der Waals surface area contributed by atoms with Crippen LogP contribution in [0, 0.1) is 5.92 Å². The quantitative estimate of drug-likeness (QED) is 0.332. The molecule has 0 aromatic carbocycles. The molecule has 0 radical (unpaired) electrons. The highest BCUT2D eigenvalue weighted by Gasteiger charge is 2.16. The van der Waals surface area contributed by atoms with Crippen LogP contribution in [0.2, 0.25) is 0 Å². The molecule has 1 saturated carbocycles. The van der Waals surface area contributed by atoms with Crippen molar-refractivity contribution in [1.29, 1.82) is 0 Å².